The van der Waals surface area contributed by atoms with E-state index in [0.29, 0.717) is 34.2 Å². The molecular formula is C27H20FNO6S. The highest BCUT2D eigenvalue weighted by Gasteiger charge is 2.24. The van der Waals surface area contributed by atoms with Crippen LogP contribution in [0.1, 0.15) is 5.56 Å². The Morgan fingerprint density at radius 2 is 1.64 bits per heavy atom. The first-order valence-corrected chi connectivity index (χ1v) is 11.7. The van der Waals surface area contributed by atoms with Gasteiger partial charge in [0, 0.05) is 16.3 Å². The number of benzene rings is 3. The summed E-state index contributed by atoms with van der Waals surface area (Å²) in [6.07, 6.45) is 0. The molecule has 3 aromatic carbocycles. The van der Waals surface area contributed by atoms with Crippen molar-refractivity contribution in [2.24, 2.45) is 0 Å². The van der Waals surface area contributed by atoms with E-state index in [1.807, 2.05) is 30.3 Å². The number of fused-ring (bicyclic) bond motifs is 3. The zero-order valence-electron chi connectivity index (χ0n) is 19.3. The quantitative estimate of drug-likeness (QED) is 0.319. The summed E-state index contributed by atoms with van der Waals surface area (Å²) >= 11 is 0.696. The summed E-state index contributed by atoms with van der Waals surface area (Å²) in [5, 5.41) is 11.3. The maximum atomic E-state index is 14.3. The lowest BCUT2D eigenvalue weighted by Gasteiger charge is -2.16. The molecule has 1 N–H and O–H groups in total. The van der Waals surface area contributed by atoms with Gasteiger partial charge in [-0.2, -0.15) is 0 Å². The van der Waals surface area contributed by atoms with Crippen molar-refractivity contribution in [3.05, 3.63) is 98.9 Å². The van der Waals surface area contributed by atoms with Crippen LogP contribution in [-0.4, -0.2) is 23.9 Å². The van der Waals surface area contributed by atoms with Crippen LogP contribution in [0.4, 0.5) is 4.39 Å². The molecule has 0 spiro atoms. The van der Waals surface area contributed by atoms with Crippen molar-refractivity contribution < 1.29 is 23.4 Å². The zero-order valence-corrected chi connectivity index (χ0v) is 20.1. The number of hydrogen-bond acceptors (Lipinski definition) is 7. The molecule has 0 amide bonds. The van der Waals surface area contributed by atoms with Crippen molar-refractivity contribution in [2.75, 3.05) is 14.2 Å². The van der Waals surface area contributed by atoms with Gasteiger partial charge < -0.3 is 23.6 Å². The lowest BCUT2D eigenvalue weighted by molar-refractivity contribution is 0.355. The Bertz CT molecular complexity index is 1730. The molecule has 9 heteroatoms. The molecule has 5 aromatic rings. The molecule has 0 aliphatic carbocycles. The molecule has 0 fully saturated rings. The summed E-state index contributed by atoms with van der Waals surface area (Å²) in [6, 6.07) is 18.3. The molecule has 0 atom stereocenters. The second-order valence-corrected chi connectivity index (χ2v) is 8.96. The number of ether oxygens (including phenoxy) is 2. The molecular weight excluding hydrogens is 485 g/mol. The lowest BCUT2D eigenvalue weighted by Crippen LogP contribution is -2.23. The van der Waals surface area contributed by atoms with Gasteiger partial charge in [-0.15, -0.1) is 0 Å². The maximum Gasteiger partial charge on any atom is 0.354 e. The molecule has 7 nitrogen and oxygen atoms in total. The van der Waals surface area contributed by atoms with Gasteiger partial charge in [0.15, 0.2) is 22.8 Å². The fourth-order valence-electron chi connectivity index (χ4n) is 4.06. The topological polar surface area (TPSA) is 90.9 Å². The molecule has 5 rings (SSSR count). The summed E-state index contributed by atoms with van der Waals surface area (Å²) in [5.41, 5.74) is -0.311. The van der Waals surface area contributed by atoms with Gasteiger partial charge in [-0.3, -0.25) is 4.79 Å². The van der Waals surface area contributed by atoms with E-state index in [1.54, 1.807) is 18.2 Å². The van der Waals surface area contributed by atoms with Crippen molar-refractivity contribution in [3.8, 4) is 17.2 Å². The second-order valence-electron chi connectivity index (χ2n) is 7.91. The standard InChI is InChI=1S/C27H20FNO6S/c1-33-19-12-16-18(13-20(19)34-2)29(14-15-8-4-3-5-9-15)26(31)22-23(30)25(27(32)35-24(16)22)36-21-11-7-6-10-17(21)28/h3-13,30H,14H2,1-2H3. The van der Waals surface area contributed by atoms with Crippen LogP contribution in [0.15, 0.2) is 90.5 Å². The normalized spacial score (nSPS) is 11.2. The summed E-state index contributed by atoms with van der Waals surface area (Å²) in [7, 11) is 2.94. The number of nitrogens with zero attached hydrogens (tertiary/aromatic N) is 1. The fraction of sp³-hybridized carbons (Fsp3) is 0.111. The molecule has 0 aliphatic rings. The highest BCUT2D eigenvalue weighted by molar-refractivity contribution is 7.99. The van der Waals surface area contributed by atoms with Gasteiger partial charge in [-0.25, -0.2) is 9.18 Å². The van der Waals surface area contributed by atoms with E-state index >= 15 is 0 Å². The van der Waals surface area contributed by atoms with Crippen LogP contribution in [-0.2, 0) is 6.54 Å². The van der Waals surface area contributed by atoms with Gasteiger partial charge in [0.2, 0.25) is 0 Å². The molecule has 182 valence electrons. The molecule has 0 unspecified atom stereocenters. The molecule has 36 heavy (non-hydrogen) atoms. The molecule has 2 heterocycles. The summed E-state index contributed by atoms with van der Waals surface area (Å²) in [6.45, 7) is 0.177. The largest absolute Gasteiger partial charge is 0.505 e. The van der Waals surface area contributed by atoms with E-state index in [4.69, 9.17) is 13.9 Å². The Kier molecular flexibility index (Phi) is 6.15. The van der Waals surface area contributed by atoms with Crippen molar-refractivity contribution in [1.82, 2.24) is 4.57 Å². The molecule has 0 saturated heterocycles. The molecule has 0 bridgehead atoms. The van der Waals surface area contributed by atoms with Crippen LogP contribution in [0, 0.1) is 5.82 Å². The van der Waals surface area contributed by atoms with Crippen molar-refractivity contribution in [2.45, 2.75) is 16.3 Å². The number of aromatic nitrogens is 1. The van der Waals surface area contributed by atoms with Crippen LogP contribution in [0.25, 0.3) is 21.9 Å². The van der Waals surface area contributed by atoms with Crippen LogP contribution in [0.2, 0.25) is 0 Å². The number of aromatic hydroxyl groups is 1. The maximum absolute atomic E-state index is 14.3. The number of methoxy groups -OCH3 is 2. The number of rotatable bonds is 6. The second kappa shape index (κ2) is 9.43. The van der Waals surface area contributed by atoms with Crippen molar-refractivity contribution >= 4 is 33.6 Å². The van der Waals surface area contributed by atoms with Gasteiger partial charge in [0.25, 0.3) is 5.56 Å². The van der Waals surface area contributed by atoms with Gasteiger partial charge in [-0.1, -0.05) is 54.2 Å². The third-order valence-corrected chi connectivity index (χ3v) is 6.90. The molecule has 0 radical (unpaired) electrons. The smallest absolute Gasteiger partial charge is 0.354 e. The Morgan fingerprint density at radius 1 is 0.972 bits per heavy atom. The Balaban J connectivity index is 1.86. The van der Waals surface area contributed by atoms with Crippen molar-refractivity contribution in [3.63, 3.8) is 0 Å². The fourth-order valence-corrected chi connectivity index (χ4v) is 4.92. The molecule has 0 saturated carbocycles. The summed E-state index contributed by atoms with van der Waals surface area (Å²) < 4.78 is 32.2. The van der Waals surface area contributed by atoms with E-state index < -0.39 is 22.8 Å². The van der Waals surface area contributed by atoms with Gasteiger partial charge in [0.1, 0.15) is 16.1 Å². The van der Waals surface area contributed by atoms with Crippen molar-refractivity contribution in [1.29, 1.82) is 0 Å². The summed E-state index contributed by atoms with van der Waals surface area (Å²) in [4.78, 5) is 26.6. The monoisotopic (exact) mass is 505 g/mol. The minimum Gasteiger partial charge on any atom is -0.505 e. The highest BCUT2D eigenvalue weighted by Crippen LogP contribution is 2.40. The zero-order chi connectivity index (χ0) is 25.4. The van der Waals surface area contributed by atoms with E-state index in [1.165, 1.54) is 37.0 Å². The predicted octanol–water partition coefficient (Wildman–Crippen LogP) is 5.17. The number of halogens is 1. The third kappa shape index (κ3) is 3.97. The summed E-state index contributed by atoms with van der Waals surface area (Å²) in [5.74, 6) is -0.414. The molecule has 2 aromatic heterocycles. The van der Waals surface area contributed by atoms with Gasteiger partial charge in [0.05, 0.1) is 26.3 Å². The van der Waals surface area contributed by atoms with Crippen LogP contribution < -0.4 is 20.7 Å². The SMILES string of the molecule is COc1cc2c3oc(=O)c(Sc4ccccc4F)c(O)c3c(=O)n(Cc3ccccc3)c2cc1OC. The minimum atomic E-state index is -0.899. The highest BCUT2D eigenvalue weighted by atomic mass is 32.2. The van der Waals surface area contributed by atoms with E-state index in [0.717, 1.165) is 5.56 Å². The predicted molar refractivity (Wildman–Crippen MR) is 135 cm³/mol. The first-order valence-electron chi connectivity index (χ1n) is 10.9. The average molecular weight is 506 g/mol. The Labute approximate surface area is 208 Å². The molecule has 0 aliphatic heterocycles. The van der Waals surface area contributed by atoms with Gasteiger partial charge in [-0.05, 0) is 23.8 Å². The lowest BCUT2D eigenvalue weighted by atomic mass is 10.1. The van der Waals surface area contributed by atoms with Crippen LogP contribution in [0.5, 0.6) is 17.2 Å². The minimum absolute atomic E-state index is 0.0966. The van der Waals surface area contributed by atoms with Crippen LogP contribution >= 0.6 is 11.8 Å². The first-order chi connectivity index (χ1) is 17.4. The van der Waals surface area contributed by atoms with Crippen LogP contribution in [0.3, 0.4) is 0 Å². The van der Waals surface area contributed by atoms with E-state index in [-0.39, 0.29) is 27.3 Å². The van der Waals surface area contributed by atoms with Gasteiger partial charge >= 0.3 is 5.63 Å². The number of hydrogen-bond donors (Lipinski definition) is 1. The third-order valence-electron chi connectivity index (χ3n) is 5.79. The Morgan fingerprint density at radius 3 is 2.33 bits per heavy atom. The number of pyridine rings is 1. The van der Waals surface area contributed by atoms with E-state index in [9.17, 15) is 19.1 Å². The van der Waals surface area contributed by atoms with E-state index in [2.05, 4.69) is 0 Å². The first kappa shape index (κ1) is 23.5. The Hall–Kier alpha value is -4.24. The average Bonchev–Trinajstić information content (AvgIpc) is 2.89.